The Hall–Kier alpha value is -0.260. The van der Waals surface area contributed by atoms with Crippen LogP contribution < -0.4 is 0 Å². The van der Waals surface area contributed by atoms with E-state index in [4.69, 9.17) is 0 Å². The lowest BCUT2D eigenvalue weighted by Crippen LogP contribution is -2.04. The molecular formula is C9H18. The first-order valence-corrected chi connectivity index (χ1v) is 3.72. The van der Waals surface area contributed by atoms with Gasteiger partial charge in [-0.3, -0.25) is 0 Å². The molecule has 0 saturated carbocycles. The van der Waals surface area contributed by atoms with E-state index in [1.807, 2.05) is 0 Å². The highest BCUT2D eigenvalue weighted by molar-refractivity contribution is 5.00. The van der Waals surface area contributed by atoms with Crippen molar-refractivity contribution in [2.45, 2.75) is 34.6 Å². The molecule has 0 aliphatic carbocycles. The quantitative estimate of drug-likeness (QED) is 0.498. The van der Waals surface area contributed by atoms with Gasteiger partial charge in [-0.15, -0.1) is 0 Å². The van der Waals surface area contributed by atoms with E-state index in [1.54, 1.807) is 0 Å². The summed E-state index contributed by atoms with van der Waals surface area (Å²) in [5, 5.41) is 0. The molecule has 9 heavy (non-hydrogen) atoms. The normalized spacial score (nSPS) is 16.4. The summed E-state index contributed by atoms with van der Waals surface area (Å²) in [5.41, 5.74) is 1.50. The zero-order chi connectivity index (χ0) is 7.44. The SMILES string of the molecule is C/C=C(/C)[C@@H](C)C(C)C. The Labute approximate surface area is 59.0 Å². The summed E-state index contributed by atoms with van der Waals surface area (Å²) in [7, 11) is 0. The molecular weight excluding hydrogens is 108 g/mol. The van der Waals surface area contributed by atoms with Gasteiger partial charge in [-0.2, -0.15) is 0 Å². The second-order valence-corrected chi connectivity index (χ2v) is 3.07. The van der Waals surface area contributed by atoms with Crippen LogP contribution >= 0.6 is 0 Å². The van der Waals surface area contributed by atoms with Gasteiger partial charge in [0.05, 0.1) is 0 Å². The highest BCUT2D eigenvalue weighted by Gasteiger charge is 2.06. The van der Waals surface area contributed by atoms with Gasteiger partial charge in [-0.05, 0) is 25.7 Å². The van der Waals surface area contributed by atoms with Gasteiger partial charge in [0, 0.05) is 0 Å². The summed E-state index contributed by atoms with van der Waals surface area (Å²) >= 11 is 0. The van der Waals surface area contributed by atoms with E-state index in [1.165, 1.54) is 5.57 Å². The second kappa shape index (κ2) is 3.71. The maximum Gasteiger partial charge on any atom is -0.0211 e. The van der Waals surface area contributed by atoms with Crippen LogP contribution in [0, 0.1) is 11.8 Å². The summed E-state index contributed by atoms with van der Waals surface area (Å²) in [5.74, 6) is 1.52. The lowest BCUT2D eigenvalue weighted by molar-refractivity contribution is 0.479. The van der Waals surface area contributed by atoms with Crippen molar-refractivity contribution in [3.63, 3.8) is 0 Å². The van der Waals surface area contributed by atoms with E-state index in [-0.39, 0.29) is 0 Å². The first-order chi connectivity index (χ1) is 4.09. The standard InChI is InChI=1S/C9H18/c1-6-8(4)9(5)7(2)3/h6-7,9H,1-5H3/b8-6-/t9-/m0/s1. The van der Waals surface area contributed by atoms with Gasteiger partial charge in [0.1, 0.15) is 0 Å². The lowest BCUT2D eigenvalue weighted by atomic mass is 9.91. The summed E-state index contributed by atoms with van der Waals surface area (Å²) in [6.07, 6.45) is 2.20. The van der Waals surface area contributed by atoms with Gasteiger partial charge < -0.3 is 0 Å². The van der Waals surface area contributed by atoms with Gasteiger partial charge >= 0.3 is 0 Å². The molecule has 0 bridgehead atoms. The maximum absolute atomic E-state index is 2.28. The zero-order valence-corrected chi connectivity index (χ0v) is 7.23. The molecule has 0 spiro atoms. The Bertz CT molecular complexity index is 98.6. The van der Waals surface area contributed by atoms with Crippen molar-refractivity contribution in [3.05, 3.63) is 11.6 Å². The molecule has 0 saturated heterocycles. The molecule has 0 fully saturated rings. The molecule has 0 aromatic carbocycles. The van der Waals surface area contributed by atoms with E-state index in [2.05, 4.69) is 40.7 Å². The Morgan fingerprint density at radius 1 is 1.22 bits per heavy atom. The minimum Gasteiger partial charge on any atom is -0.0885 e. The van der Waals surface area contributed by atoms with Crippen LogP contribution in [0.1, 0.15) is 34.6 Å². The molecule has 0 unspecified atom stereocenters. The highest BCUT2D eigenvalue weighted by atomic mass is 14.1. The van der Waals surface area contributed by atoms with Crippen molar-refractivity contribution >= 4 is 0 Å². The van der Waals surface area contributed by atoms with Crippen LogP contribution in [-0.4, -0.2) is 0 Å². The Kier molecular flexibility index (Phi) is 3.60. The van der Waals surface area contributed by atoms with Gasteiger partial charge in [0.15, 0.2) is 0 Å². The van der Waals surface area contributed by atoms with Crippen molar-refractivity contribution < 1.29 is 0 Å². The second-order valence-electron chi connectivity index (χ2n) is 3.07. The Morgan fingerprint density at radius 2 is 1.67 bits per heavy atom. The summed E-state index contributed by atoms with van der Waals surface area (Å²) in [6.45, 7) is 11.1. The third-order valence-electron chi connectivity index (χ3n) is 2.17. The lowest BCUT2D eigenvalue weighted by Gasteiger charge is -2.15. The monoisotopic (exact) mass is 126 g/mol. The molecule has 0 aromatic heterocycles. The fraction of sp³-hybridized carbons (Fsp3) is 0.778. The number of rotatable bonds is 2. The molecule has 0 N–H and O–H groups in total. The Balaban J connectivity index is 3.88. The summed E-state index contributed by atoms with van der Waals surface area (Å²) < 4.78 is 0. The van der Waals surface area contributed by atoms with Crippen LogP contribution in [0.3, 0.4) is 0 Å². The number of hydrogen-bond donors (Lipinski definition) is 0. The number of hydrogen-bond acceptors (Lipinski definition) is 0. The third-order valence-corrected chi connectivity index (χ3v) is 2.17. The first kappa shape index (κ1) is 8.74. The van der Waals surface area contributed by atoms with Crippen LogP contribution in [0.5, 0.6) is 0 Å². The molecule has 0 aromatic rings. The highest BCUT2D eigenvalue weighted by Crippen LogP contribution is 2.18. The van der Waals surface area contributed by atoms with Crippen molar-refractivity contribution in [1.82, 2.24) is 0 Å². The zero-order valence-electron chi connectivity index (χ0n) is 7.23. The van der Waals surface area contributed by atoms with E-state index < -0.39 is 0 Å². The molecule has 1 atom stereocenters. The third kappa shape index (κ3) is 2.69. The van der Waals surface area contributed by atoms with E-state index >= 15 is 0 Å². The van der Waals surface area contributed by atoms with Crippen LogP contribution in [0.2, 0.25) is 0 Å². The van der Waals surface area contributed by atoms with E-state index in [0.29, 0.717) is 0 Å². The molecule has 0 nitrogen and oxygen atoms in total. The fourth-order valence-electron chi connectivity index (χ4n) is 0.789. The summed E-state index contributed by atoms with van der Waals surface area (Å²) in [6, 6.07) is 0. The van der Waals surface area contributed by atoms with Crippen molar-refractivity contribution in [1.29, 1.82) is 0 Å². The minimum atomic E-state index is 0.745. The van der Waals surface area contributed by atoms with E-state index in [0.717, 1.165) is 11.8 Å². The predicted octanol–water partition coefficient (Wildman–Crippen LogP) is 3.24. The average molecular weight is 126 g/mol. The van der Waals surface area contributed by atoms with Crippen LogP contribution in [-0.2, 0) is 0 Å². The van der Waals surface area contributed by atoms with Gasteiger partial charge in [0.2, 0.25) is 0 Å². The van der Waals surface area contributed by atoms with Crippen molar-refractivity contribution in [2.75, 3.05) is 0 Å². The maximum atomic E-state index is 2.28. The molecule has 0 aliphatic heterocycles. The molecule has 0 heterocycles. The van der Waals surface area contributed by atoms with Gasteiger partial charge in [-0.25, -0.2) is 0 Å². The van der Waals surface area contributed by atoms with Crippen molar-refractivity contribution in [2.24, 2.45) is 11.8 Å². The minimum absolute atomic E-state index is 0.745. The molecule has 54 valence electrons. The van der Waals surface area contributed by atoms with E-state index in [9.17, 15) is 0 Å². The first-order valence-electron chi connectivity index (χ1n) is 3.72. The van der Waals surface area contributed by atoms with Crippen molar-refractivity contribution in [3.8, 4) is 0 Å². The van der Waals surface area contributed by atoms with Gasteiger partial charge in [0.25, 0.3) is 0 Å². The predicted molar refractivity (Wildman–Crippen MR) is 43.4 cm³/mol. The fourth-order valence-corrected chi connectivity index (χ4v) is 0.789. The summed E-state index contributed by atoms with van der Waals surface area (Å²) in [4.78, 5) is 0. The smallest absolute Gasteiger partial charge is 0.0211 e. The number of allylic oxidation sites excluding steroid dienone is 2. The molecule has 0 radical (unpaired) electrons. The largest absolute Gasteiger partial charge is 0.0885 e. The molecule has 0 aliphatic rings. The van der Waals surface area contributed by atoms with Crippen LogP contribution in [0.15, 0.2) is 11.6 Å². The average Bonchev–Trinajstić information content (AvgIpc) is 1.84. The van der Waals surface area contributed by atoms with Gasteiger partial charge in [-0.1, -0.05) is 32.4 Å². The van der Waals surface area contributed by atoms with Crippen LogP contribution in [0.4, 0.5) is 0 Å². The molecule has 0 heteroatoms. The Morgan fingerprint density at radius 3 is 1.78 bits per heavy atom. The topological polar surface area (TPSA) is 0 Å². The van der Waals surface area contributed by atoms with Crippen LogP contribution in [0.25, 0.3) is 0 Å². The molecule has 0 amide bonds. The molecule has 0 rings (SSSR count).